The predicted octanol–water partition coefficient (Wildman–Crippen LogP) is 2.15. The molecule has 0 amide bonds. The van der Waals surface area contributed by atoms with Crippen LogP contribution in [-0.4, -0.2) is 79.8 Å². The van der Waals surface area contributed by atoms with Gasteiger partial charge in [0, 0.05) is 19.2 Å². The van der Waals surface area contributed by atoms with Crippen LogP contribution in [0.25, 0.3) is 0 Å². The molecular formula is C24H43N4O10P. The van der Waals surface area contributed by atoms with Gasteiger partial charge in [0.2, 0.25) is 5.78 Å². The lowest BCUT2D eigenvalue weighted by atomic mass is 10.1. The third-order valence-corrected chi connectivity index (χ3v) is 6.66. The summed E-state index contributed by atoms with van der Waals surface area (Å²) in [5, 5.41) is 26.7. The predicted molar refractivity (Wildman–Crippen MR) is 140 cm³/mol. The first-order chi connectivity index (χ1) is 18.5. The van der Waals surface area contributed by atoms with Crippen LogP contribution in [0.2, 0.25) is 0 Å². The van der Waals surface area contributed by atoms with Gasteiger partial charge in [-0.3, -0.25) is 23.3 Å². The Bertz CT molecular complexity index is 913. The van der Waals surface area contributed by atoms with E-state index in [0.29, 0.717) is 6.42 Å². The van der Waals surface area contributed by atoms with Crippen molar-refractivity contribution < 1.29 is 47.8 Å². The molecule has 0 saturated carbocycles. The number of ether oxygens (including phenoxy) is 1. The van der Waals surface area contributed by atoms with Gasteiger partial charge in [-0.2, -0.15) is 0 Å². The molecule has 1 unspecified atom stereocenters. The average Bonchev–Trinajstić information content (AvgIpc) is 3.35. The van der Waals surface area contributed by atoms with Crippen LogP contribution in [0.15, 0.2) is 6.20 Å². The maximum absolute atomic E-state index is 11.9. The van der Waals surface area contributed by atoms with Crippen LogP contribution in [-0.2, 0) is 45.7 Å². The van der Waals surface area contributed by atoms with Gasteiger partial charge >= 0.3 is 19.8 Å². The minimum absolute atomic E-state index is 0.0135. The summed E-state index contributed by atoms with van der Waals surface area (Å²) in [5.74, 6) is -3.28. The number of carbonyl (C=O) groups excluding carboxylic acids is 2. The molecular weight excluding hydrogens is 535 g/mol. The molecule has 1 heterocycles. The number of aliphatic hydroxyl groups excluding tert-OH is 1. The van der Waals surface area contributed by atoms with Crippen molar-refractivity contribution in [2.75, 3.05) is 19.8 Å². The first-order valence-electron chi connectivity index (χ1n) is 13.4. The molecule has 0 spiro atoms. The van der Waals surface area contributed by atoms with Crippen LogP contribution in [0.3, 0.4) is 0 Å². The largest absolute Gasteiger partial charge is 0.480 e. The Morgan fingerprint density at radius 1 is 1.00 bits per heavy atom. The van der Waals surface area contributed by atoms with Crippen molar-refractivity contribution in [1.29, 1.82) is 0 Å². The third-order valence-electron chi connectivity index (χ3n) is 5.71. The lowest BCUT2D eigenvalue weighted by Crippen LogP contribution is -2.34. The number of ketones is 1. The van der Waals surface area contributed by atoms with E-state index < -0.39 is 57.5 Å². The van der Waals surface area contributed by atoms with E-state index >= 15 is 0 Å². The highest BCUT2D eigenvalue weighted by molar-refractivity contribution is 7.47. The molecule has 224 valence electrons. The number of phosphoric acid groups is 1. The summed E-state index contributed by atoms with van der Waals surface area (Å²) < 4.78 is 27.1. The van der Waals surface area contributed by atoms with Crippen LogP contribution < -0.4 is 5.73 Å². The fourth-order valence-corrected chi connectivity index (χ4v) is 4.21. The third kappa shape index (κ3) is 17.2. The normalized spacial score (nSPS) is 14.5. The molecule has 1 rings (SSSR count). The van der Waals surface area contributed by atoms with E-state index in [9.17, 15) is 28.9 Å². The quantitative estimate of drug-likeness (QED) is 0.0599. The standard InChI is InChI=1S/C24H43N4O10P/c1-2-3-4-6-9-12-19-15-28(27-26-19)14-11-8-5-7-10-13-22(30)24(33)36-16-20(29)17-37-39(34,35)38-18-21(25)23(31)32/h15,20-21,29H,2-14,16-18,25H2,1H3,(H,31,32)(H,34,35)/t20-,21+/m1/s1. The number of Topliss-reactive ketones (excluding diaryl/α,β-unsaturated/α-hetero) is 1. The zero-order valence-electron chi connectivity index (χ0n) is 22.6. The number of hydrogen-bond acceptors (Lipinski definition) is 11. The van der Waals surface area contributed by atoms with Crippen molar-refractivity contribution in [3.63, 3.8) is 0 Å². The Kier molecular flexibility index (Phi) is 17.7. The molecule has 0 aliphatic rings. The Morgan fingerprint density at radius 3 is 2.36 bits per heavy atom. The summed E-state index contributed by atoms with van der Waals surface area (Å²) in [4.78, 5) is 43.7. The Labute approximate surface area is 228 Å². The van der Waals surface area contributed by atoms with Crippen molar-refractivity contribution in [3.8, 4) is 0 Å². The van der Waals surface area contributed by atoms with E-state index in [1.54, 1.807) is 0 Å². The molecule has 39 heavy (non-hydrogen) atoms. The van der Waals surface area contributed by atoms with E-state index in [1.165, 1.54) is 25.7 Å². The maximum Gasteiger partial charge on any atom is 0.472 e. The van der Waals surface area contributed by atoms with E-state index in [2.05, 4.69) is 26.3 Å². The van der Waals surface area contributed by atoms with E-state index in [4.69, 9.17) is 15.6 Å². The molecule has 0 aromatic carbocycles. The number of aryl methyl sites for hydroxylation is 2. The summed E-state index contributed by atoms with van der Waals surface area (Å²) in [6.45, 7) is 0.803. The molecule has 0 fully saturated rings. The van der Waals surface area contributed by atoms with Gasteiger partial charge in [0.15, 0.2) is 0 Å². The molecule has 15 heteroatoms. The first-order valence-corrected chi connectivity index (χ1v) is 14.9. The number of carboxylic acids is 1. The minimum atomic E-state index is -4.68. The van der Waals surface area contributed by atoms with Crippen molar-refractivity contribution in [2.24, 2.45) is 5.73 Å². The van der Waals surface area contributed by atoms with Gasteiger partial charge in [0.1, 0.15) is 18.8 Å². The van der Waals surface area contributed by atoms with E-state index in [1.807, 2.05) is 10.9 Å². The summed E-state index contributed by atoms with van der Waals surface area (Å²) in [7, 11) is -4.68. The van der Waals surface area contributed by atoms with Crippen LogP contribution in [0.4, 0.5) is 0 Å². The second kappa shape index (κ2) is 19.8. The molecule has 0 saturated heterocycles. The number of nitrogens with zero attached hydrogens (tertiary/aromatic N) is 3. The number of unbranched alkanes of at least 4 members (excludes halogenated alkanes) is 8. The topological polar surface area (TPSA) is 213 Å². The lowest BCUT2D eigenvalue weighted by molar-refractivity contribution is -0.156. The number of aliphatic hydroxyl groups is 1. The molecule has 0 aliphatic carbocycles. The van der Waals surface area contributed by atoms with Crippen LogP contribution in [0.1, 0.15) is 83.2 Å². The van der Waals surface area contributed by atoms with Gasteiger partial charge in [0.05, 0.1) is 18.9 Å². The molecule has 1 aromatic heterocycles. The zero-order valence-corrected chi connectivity index (χ0v) is 23.5. The minimum Gasteiger partial charge on any atom is -0.480 e. The number of carboxylic acid groups (broad SMARTS) is 1. The second-order valence-corrected chi connectivity index (χ2v) is 10.8. The smallest absolute Gasteiger partial charge is 0.472 e. The fraction of sp³-hybridized carbons (Fsp3) is 0.792. The highest BCUT2D eigenvalue weighted by Crippen LogP contribution is 2.43. The van der Waals surface area contributed by atoms with Crippen LogP contribution in [0, 0.1) is 0 Å². The summed E-state index contributed by atoms with van der Waals surface area (Å²) in [6.07, 6.45) is 11.7. The maximum atomic E-state index is 11.9. The van der Waals surface area contributed by atoms with Gasteiger partial charge in [0.25, 0.3) is 0 Å². The number of esters is 1. The number of hydrogen-bond donors (Lipinski definition) is 4. The van der Waals surface area contributed by atoms with Crippen molar-refractivity contribution in [1.82, 2.24) is 15.0 Å². The molecule has 5 N–H and O–H groups in total. The second-order valence-electron chi connectivity index (χ2n) is 9.34. The SMILES string of the molecule is CCCCCCCc1cn(CCCCCCCC(=O)C(=O)OC[C@@H](O)COP(=O)(O)OC[C@H](N)C(=O)O)nn1. The number of rotatable bonds is 24. The van der Waals surface area contributed by atoms with Gasteiger partial charge in [-0.05, 0) is 25.7 Å². The fourth-order valence-electron chi connectivity index (χ4n) is 3.43. The molecule has 0 radical (unpaired) electrons. The zero-order chi connectivity index (χ0) is 29.1. The van der Waals surface area contributed by atoms with Crippen molar-refractivity contribution >= 4 is 25.5 Å². The number of phosphoric ester groups is 1. The van der Waals surface area contributed by atoms with Crippen LogP contribution in [0.5, 0.6) is 0 Å². The lowest BCUT2D eigenvalue weighted by Gasteiger charge is -2.16. The summed E-state index contributed by atoms with van der Waals surface area (Å²) in [6, 6.07) is -1.53. The van der Waals surface area contributed by atoms with Crippen molar-refractivity contribution in [2.45, 2.75) is 103 Å². The number of carbonyl (C=O) groups is 3. The Morgan fingerprint density at radius 2 is 1.64 bits per heavy atom. The van der Waals surface area contributed by atoms with E-state index in [-0.39, 0.29) is 6.42 Å². The molecule has 1 aromatic rings. The van der Waals surface area contributed by atoms with Gasteiger partial charge in [-0.15, -0.1) is 5.10 Å². The highest BCUT2D eigenvalue weighted by Gasteiger charge is 2.26. The summed E-state index contributed by atoms with van der Waals surface area (Å²) in [5.41, 5.74) is 6.17. The molecule has 0 aliphatic heterocycles. The highest BCUT2D eigenvalue weighted by atomic mass is 31.2. The summed E-state index contributed by atoms with van der Waals surface area (Å²) >= 11 is 0. The molecule has 0 bridgehead atoms. The first kappa shape index (κ1) is 34.8. The number of nitrogens with two attached hydrogens (primary N) is 1. The van der Waals surface area contributed by atoms with Gasteiger partial charge < -0.3 is 25.6 Å². The number of aromatic nitrogens is 3. The van der Waals surface area contributed by atoms with E-state index in [0.717, 1.165) is 50.8 Å². The van der Waals surface area contributed by atoms with Crippen LogP contribution >= 0.6 is 7.82 Å². The molecule has 14 nitrogen and oxygen atoms in total. The van der Waals surface area contributed by atoms with Crippen molar-refractivity contribution in [3.05, 3.63) is 11.9 Å². The monoisotopic (exact) mass is 578 g/mol. The Balaban J connectivity index is 2.09. The number of aliphatic carboxylic acids is 1. The Hall–Kier alpha value is -2.22. The average molecular weight is 579 g/mol. The van der Waals surface area contributed by atoms with Gasteiger partial charge in [-0.25, -0.2) is 9.36 Å². The van der Waals surface area contributed by atoms with Gasteiger partial charge in [-0.1, -0.05) is 57.1 Å². The molecule has 3 atom stereocenters.